The van der Waals surface area contributed by atoms with Crippen molar-refractivity contribution in [3.05, 3.63) is 48.2 Å². The van der Waals surface area contributed by atoms with E-state index in [0.717, 1.165) is 21.7 Å². The zero-order chi connectivity index (χ0) is 18.5. The standard InChI is InChI=1S/C20H20N2O4/c1-3-25-20(24)17-12-22-18-15-7-5-4-6-14(15)8-9-16(18)19(17)21-10-11-26-13(2)23/h4-9,12H,3,10-11H2,1-2H3,(H,21,22). The van der Waals surface area contributed by atoms with Crippen LogP contribution >= 0.6 is 0 Å². The van der Waals surface area contributed by atoms with Crippen LogP contribution in [-0.4, -0.2) is 36.7 Å². The Morgan fingerprint density at radius 1 is 1.08 bits per heavy atom. The van der Waals surface area contributed by atoms with Crippen LogP contribution in [0.25, 0.3) is 21.7 Å². The maximum atomic E-state index is 12.3. The number of anilines is 1. The van der Waals surface area contributed by atoms with Gasteiger partial charge in [-0.25, -0.2) is 4.79 Å². The van der Waals surface area contributed by atoms with E-state index in [1.807, 2.05) is 36.4 Å². The predicted octanol–water partition coefficient (Wildman–Crippen LogP) is 3.54. The summed E-state index contributed by atoms with van der Waals surface area (Å²) in [6.07, 6.45) is 1.53. The van der Waals surface area contributed by atoms with Crippen LogP contribution in [0.2, 0.25) is 0 Å². The number of rotatable bonds is 6. The fraction of sp³-hybridized carbons (Fsp3) is 0.250. The summed E-state index contributed by atoms with van der Waals surface area (Å²) in [6.45, 7) is 3.97. The number of benzene rings is 2. The van der Waals surface area contributed by atoms with Gasteiger partial charge in [-0.3, -0.25) is 9.78 Å². The lowest BCUT2D eigenvalue weighted by atomic mass is 10.0. The number of hydrogen-bond acceptors (Lipinski definition) is 6. The van der Waals surface area contributed by atoms with Gasteiger partial charge in [0.25, 0.3) is 0 Å². The molecule has 0 atom stereocenters. The largest absolute Gasteiger partial charge is 0.464 e. The molecule has 1 aromatic heterocycles. The van der Waals surface area contributed by atoms with Gasteiger partial charge in [0, 0.05) is 30.4 Å². The van der Waals surface area contributed by atoms with Gasteiger partial charge in [0.2, 0.25) is 0 Å². The first kappa shape index (κ1) is 17.7. The van der Waals surface area contributed by atoms with E-state index in [-0.39, 0.29) is 19.2 Å². The number of hydrogen-bond donors (Lipinski definition) is 1. The fourth-order valence-corrected chi connectivity index (χ4v) is 2.86. The molecule has 0 aliphatic carbocycles. The third kappa shape index (κ3) is 3.59. The predicted molar refractivity (Wildman–Crippen MR) is 100 cm³/mol. The minimum Gasteiger partial charge on any atom is -0.464 e. The number of nitrogens with zero attached hydrogens (tertiary/aromatic N) is 1. The van der Waals surface area contributed by atoms with Crippen molar-refractivity contribution >= 4 is 39.3 Å². The highest BCUT2D eigenvalue weighted by molar-refractivity contribution is 6.13. The van der Waals surface area contributed by atoms with Crippen LogP contribution in [0.15, 0.2) is 42.6 Å². The molecule has 6 nitrogen and oxygen atoms in total. The van der Waals surface area contributed by atoms with Crippen LogP contribution in [0.5, 0.6) is 0 Å². The Kier molecular flexibility index (Phi) is 5.31. The lowest BCUT2D eigenvalue weighted by molar-refractivity contribution is -0.140. The molecule has 6 heteroatoms. The molecule has 0 bridgehead atoms. The Hall–Kier alpha value is -3.15. The van der Waals surface area contributed by atoms with Gasteiger partial charge in [0.05, 0.1) is 17.8 Å². The summed E-state index contributed by atoms with van der Waals surface area (Å²) < 4.78 is 10.1. The Labute approximate surface area is 151 Å². The van der Waals surface area contributed by atoms with E-state index in [4.69, 9.17) is 9.47 Å². The number of carbonyl (C=O) groups excluding carboxylic acids is 2. The molecule has 0 spiro atoms. The summed E-state index contributed by atoms with van der Waals surface area (Å²) >= 11 is 0. The molecule has 0 unspecified atom stereocenters. The first-order valence-electron chi connectivity index (χ1n) is 8.46. The van der Waals surface area contributed by atoms with Crippen LogP contribution in [-0.2, 0) is 14.3 Å². The molecule has 0 amide bonds. The van der Waals surface area contributed by atoms with Crippen molar-refractivity contribution in [1.82, 2.24) is 4.98 Å². The highest BCUT2D eigenvalue weighted by Gasteiger charge is 2.17. The van der Waals surface area contributed by atoms with Gasteiger partial charge in [-0.15, -0.1) is 0 Å². The highest BCUT2D eigenvalue weighted by atomic mass is 16.5. The Morgan fingerprint density at radius 2 is 1.88 bits per heavy atom. The van der Waals surface area contributed by atoms with E-state index in [9.17, 15) is 9.59 Å². The molecule has 0 radical (unpaired) electrons. The third-order valence-electron chi connectivity index (χ3n) is 3.97. The molecular formula is C20H20N2O4. The minimum atomic E-state index is -0.440. The molecule has 1 N–H and O–H groups in total. The Balaban J connectivity index is 2.07. The SMILES string of the molecule is CCOC(=O)c1cnc2c(ccc3ccccc32)c1NCCOC(C)=O. The molecule has 0 aliphatic rings. The van der Waals surface area contributed by atoms with Crippen molar-refractivity contribution in [3.8, 4) is 0 Å². The zero-order valence-electron chi connectivity index (χ0n) is 14.7. The van der Waals surface area contributed by atoms with Crippen molar-refractivity contribution in [2.24, 2.45) is 0 Å². The molecule has 134 valence electrons. The van der Waals surface area contributed by atoms with E-state index >= 15 is 0 Å². The van der Waals surface area contributed by atoms with Gasteiger partial charge < -0.3 is 14.8 Å². The van der Waals surface area contributed by atoms with E-state index in [1.165, 1.54) is 13.1 Å². The quantitative estimate of drug-likeness (QED) is 0.415. The summed E-state index contributed by atoms with van der Waals surface area (Å²) in [4.78, 5) is 27.8. The summed E-state index contributed by atoms with van der Waals surface area (Å²) in [5, 5.41) is 6.09. The average Bonchev–Trinajstić information content (AvgIpc) is 2.64. The topological polar surface area (TPSA) is 77.5 Å². The second kappa shape index (κ2) is 7.82. The number of carbonyl (C=O) groups is 2. The lowest BCUT2D eigenvalue weighted by Crippen LogP contribution is -2.15. The second-order valence-corrected chi connectivity index (χ2v) is 5.72. The van der Waals surface area contributed by atoms with E-state index in [2.05, 4.69) is 10.3 Å². The Bertz CT molecular complexity index is 969. The maximum absolute atomic E-state index is 12.3. The van der Waals surface area contributed by atoms with Crippen LogP contribution in [0.4, 0.5) is 5.69 Å². The van der Waals surface area contributed by atoms with Crippen molar-refractivity contribution in [2.75, 3.05) is 25.1 Å². The van der Waals surface area contributed by atoms with Gasteiger partial charge in [-0.2, -0.15) is 0 Å². The monoisotopic (exact) mass is 352 g/mol. The highest BCUT2D eigenvalue weighted by Crippen LogP contribution is 2.31. The first-order chi connectivity index (χ1) is 12.6. The molecule has 26 heavy (non-hydrogen) atoms. The molecule has 1 heterocycles. The van der Waals surface area contributed by atoms with Gasteiger partial charge >= 0.3 is 11.9 Å². The summed E-state index contributed by atoms with van der Waals surface area (Å²) in [7, 11) is 0. The average molecular weight is 352 g/mol. The number of nitrogens with one attached hydrogen (secondary N) is 1. The normalized spacial score (nSPS) is 10.7. The molecule has 0 aliphatic heterocycles. The molecule has 0 fully saturated rings. The second-order valence-electron chi connectivity index (χ2n) is 5.72. The van der Waals surface area contributed by atoms with Gasteiger partial charge in [-0.1, -0.05) is 36.4 Å². The van der Waals surface area contributed by atoms with E-state index in [0.29, 0.717) is 17.8 Å². The van der Waals surface area contributed by atoms with Gasteiger partial charge in [-0.05, 0) is 12.3 Å². The molecular weight excluding hydrogens is 332 g/mol. The van der Waals surface area contributed by atoms with Gasteiger partial charge in [0.15, 0.2) is 0 Å². The summed E-state index contributed by atoms with van der Waals surface area (Å²) in [6, 6.07) is 11.9. The van der Waals surface area contributed by atoms with Crippen molar-refractivity contribution in [2.45, 2.75) is 13.8 Å². The van der Waals surface area contributed by atoms with Crippen molar-refractivity contribution in [1.29, 1.82) is 0 Å². The minimum absolute atomic E-state index is 0.203. The fourth-order valence-electron chi connectivity index (χ4n) is 2.86. The van der Waals surface area contributed by atoms with Crippen molar-refractivity contribution in [3.63, 3.8) is 0 Å². The number of esters is 2. The first-order valence-corrected chi connectivity index (χ1v) is 8.46. The summed E-state index contributed by atoms with van der Waals surface area (Å²) in [5.41, 5.74) is 1.79. The van der Waals surface area contributed by atoms with Crippen LogP contribution in [0.1, 0.15) is 24.2 Å². The zero-order valence-corrected chi connectivity index (χ0v) is 14.7. The van der Waals surface area contributed by atoms with Crippen LogP contribution in [0, 0.1) is 0 Å². The third-order valence-corrected chi connectivity index (χ3v) is 3.97. The smallest absolute Gasteiger partial charge is 0.341 e. The Morgan fingerprint density at radius 3 is 2.65 bits per heavy atom. The number of fused-ring (bicyclic) bond motifs is 3. The summed E-state index contributed by atoms with van der Waals surface area (Å²) in [5.74, 6) is -0.784. The van der Waals surface area contributed by atoms with E-state index in [1.54, 1.807) is 6.92 Å². The maximum Gasteiger partial charge on any atom is 0.341 e. The lowest BCUT2D eigenvalue weighted by Gasteiger charge is -2.15. The van der Waals surface area contributed by atoms with Crippen LogP contribution < -0.4 is 5.32 Å². The van der Waals surface area contributed by atoms with Crippen LogP contribution in [0.3, 0.4) is 0 Å². The molecule has 0 saturated heterocycles. The number of ether oxygens (including phenoxy) is 2. The van der Waals surface area contributed by atoms with E-state index < -0.39 is 5.97 Å². The number of aromatic nitrogens is 1. The van der Waals surface area contributed by atoms with Gasteiger partial charge in [0.1, 0.15) is 12.2 Å². The van der Waals surface area contributed by atoms with Crippen molar-refractivity contribution < 1.29 is 19.1 Å². The molecule has 3 rings (SSSR count). The molecule has 2 aromatic carbocycles. The molecule has 0 saturated carbocycles. The number of pyridine rings is 1. The molecule has 3 aromatic rings.